The monoisotopic (exact) mass is 325 g/mol. The van der Waals surface area contributed by atoms with Crippen LogP contribution in [-0.2, 0) is 14.8 Å². The molecular formula is C14H19N3O4S. The number of nitrogens with zero attached hydrogens (tertiary/aromatic N) is 1. The van der Waals surface area contributed by atoms with Crippen molar-refractivity contribution >= 4 is 27.5 Å². The summed E-state index contributed by atoms with van der Waals surface area (Å²) in [4.78, 5) is 11.8. The number of fused-ring (bicyclic) bond motifs is 1. The quantitative estimate of drug-likeness (QED) is 0.773. The van der Waals surface area contributed by atoms with Gasteiger partial charge in [0.05, 0.1) is 19.2 Å². The Bertz CT molecular complexity index is 698. The highest BCUT2D eigenvalue weighted by Crippen LogP contribution is 2.31. The summed E-state index contributed by atoms with van der Waals surface area (Å²) in [5.74, 6) is 0.290. The summed E-state index contributed by atoms with van der Waals surface area (Å²) in [5, 5.41) is 5.61. The molecule has 1 aliphatic heterocycles. The molecule has 8 heteroatoms. The number of anilines is 1. The van der Waals surface area contributed by atoms with E-state index in [-0.39, 0.29) is 23.1 Å². The second kappa shape index (κ2) is 6.78. The minimum absolute atomic E-state index is 0.0435. The van der Waals surface area contributed by atoms with Crippen molar-refractivity contribution in [1.82, 2.24) is 5.32 Å². The van der Waals surface area contributed by atoms with Gasteiger partial charge >= 0.3 is 0 Å². The maximum absolute atomic E-state index is 12.2. The first-order valence-electron chi connectivity index (χ1n) is 7.02. The summed E-state index contributed by atoms with van der Waals surface area (Å²) in [6, 6.07) is 4.64. The summed E-state index contributed by atoms with van der Waals surface area (Å²) < 4.78 is 33.0. The molecule has 1 aromatic rings. The number of amides is 1. The van der Waals surface area contributed by atoms with Gasteiger partial charge in [0.2, 0.25) is 5.91 Å². The first-order valence-corrected chi connectivity index (χ1v) is 8.46. The molecule has 0 bridgehead atoms. The fraction of sp³-hybridized carbons (Fsp3) is 0.429. The molecule has 0 saturated carbocycles. The van der Waals surface area contributed by atoms with Crippen molar-refractivity contribution < 1.29 is 17.9 Å². The average Bonchev–Trinajstić information content (AvgIpc) is 2.46. The molecule has 0 saturated heterocycles. The molecule has 1 aromatic carbocycles. The van der Waals surface area contributed by atoms with E-state index in [0.29, 0.717) is 18.0 Å². The highest BCUT2D eigenvalue weighted by Gasteiger charge is 2.26. The minimum Gasteiger partial charge on any atom is -0.497 e. The molecule has 7 nitrogen and oxygen atoms in total. The maximum atomic E-state index is 12.2. The molecule has 22 heavy (non-hydrogen) atoms. The van der Waals surface area contributed by atoms with Crippen LogP contribution in [0.15, 0.2) is 27.5 Å². The standard InChI is InChI=1S/C14H19N3O4S/c1-3-4-7-15-14(18)9-13-16-11-6-5-10(21-2)8-12(11)22(19,20)17-13/h5-6,8H,3-4,7,9H2,1-2H3,(H,15,18)(H,16,17). The predicted molar refractivity (Wildman–Crippen MR) is 83.8 cm³/mol. The van der Waals surface area contributed by atoms with Crippen molar-refractivity contribution in [2.45, 2.75) is 31.1 Å². The second-order valence-corrected chi connectivity index (χ2v) is 6.45. The fourth-order valence-electron chi connectivity index (χ4n) is 2.01. The number of hydrogen-bond acceptors (Lipinski definition) is 5. The van der Waals surface area contributed by atoms with Gasteiger partial charge in [0.25, 0.3) is 10.0 Å². The topological polar surface area (TPSA) is 96.9 Å². The van der Waals surface area contributed by atoms with Crippen molar-refractivity contribution in [3.63, 3.8) is 0 Å². The van der Waals surface area contributed by atoms with Crippen molar-refractivity contribution in [1.29, 1.82) is 0 Å². The van der Waals surface area contributed by atoms with Crippen LogP contribution in [0.2, 0.25) is 0 Å². The van der Waals surface area contributed by atoms with Gasteiger partial charge in [0.15, 0.2) is 0 Å². The number of carbonyl (C=O) groups excluding carboxylic acids is 1. The van der Waals surface area contributed by atoms with Gasteiger partial charge in [0.1, 0.15) is 16.5 Å². The number of amidine groups is 1. The van der Waals surface area contributed by atoms with Crippen molar-refractivity contribution in [3.05, 3.63) is 18.2 Å². The zero-order valence-corrected chi connectivity index (χ0v) is 13.4. The molecular weight excluding hydrogens is 306 g/mol. The molecule has 0 spiro atoms. The first-order chi connectivity index (χ1) is 10.5. The molecule has 0 unspecified atom stereocenters. The van der Waals surface area contributed by atoms with Crippen LogP contribution in [0.4, 0.5) is 5.69 Å². The van der Waals surface area contributed by atoms with Gasteiger partial charge in [-0.15, -0.1) is 4.40 Å². The van der Waals surface area contributed by atoms with Crippen LogP contribution < -0.4 is 15.4 Å². The third-order valence-electron chi connectivity index (χ3n) is 3.16. The molecule has 0 fully saturated rings. The largest absolute Gasteiger partial charge is 0.497 e. The number of unbranched alkanes of at least 4 members (excludes halogenated alkanes) is 1. The van der Waals surface area contributed by atoms with Crippen LogP contribution in [0.1, 0.15) is 26.2 Å². The van der Waals surface area contributed by atoms with Gasteiger partial charge in [-0.2, -0.15) is 8.42 Å². The third-order valence-corrected chi connectivity index (χ3v) is 4.51. The van der Waals surface area contributed by atoms with E-state index < -0.39 is 10.0 Å². The van der Waals surface area contributed by atoms with Crippen molar-refractivity contribution in [2.75, 3.05) is 19.0 Å². The molecule has 1 heterocycles. The Morgan fingerprint density at radius 1 is 1.41 bits per heavy atom. The fourth-order valence-corrected chi connectivity index (χ4v) is 3.18. The zero-order valence-electron chi connectivity index (χ0n) is 12.5. The van der Waals surface area contributed by atoms with Gasteiger partial charge in [0, 0.05) is 12.6 Å². The van der Waals surface area contributed by atoms with Crippen LogP contribution in [0.25, 0.3) is 0 Å². The van der Waals surface area contributed by atoms with Crippen LogP contribution in [0.3, 0.4) is 0 Å². The summed E-state index contributed by atoms with van der Waals surface area (Å²) in [6.45, 7) is 2.60. The maximum Gasteiger partial charge on any atom is 0.286 e. The summed E-state index contributed by atoms with van der Waals surface area (Å²) >= 11 is 0. The lowest BCUT2D eigenvalue weighted by Gasteiger charge is -2.18. The molecule has 0 atom stereocenters. The Balaban J connectivity index is 2.14. The second-order valence-electron chi connectivity index (χ2n) is 4.88. The molecule has 120 valence electrons. The molecule has 1 aliphatic rings. The lowest BCUT2D eigenvalue weighted by Crippen LogP contribution is -2.31. The number of ether oxygens (including phenoxy) is 1. The van der Waals surface area contributed by atoms with E-state index in [1.54, 1.807) is 12.1 Å². The van der Waals surface area contributed by atoms with Crippen molar-refractivity contribution in [2.24, 2.45) is 4.40 Å². The summed E-state index contributed by atoms with van der Waals surface area (Å²) in [7, 11) is -2.37. The lowest BCUT2D eigenvalue weighted by molar-refractivity contribution is -0.119. The number of rotatable bonds is 6. The Morgan fingerprint density at radius 3 is 2.86 bits per heavy atom. The van der Waals surface area contributed by atoms with E-state index in [1.807, 2.05) is 6.92 Å². The number of sulfonamides is 1. The van der Waals surface area contributed by atoms with Gasteiger partial charge in [-0.05, 0) is 18.6 Å². The Morgan fingerprint density at radius 2 is 2.18 bits per heavy atom. The zero-order chi connectivity index (χ0) is 16.2. The van der Waals surface area contributed by atoms with Crippen LogP contribution in [-0.4, -0.2) is 33.8 Å². The Hall–Kier alpha value is -2.09. The van der Waals surface area contributed by atoms with Gasteiger partial charge < -0.3 is 15.4 Å². The van der Waals surface area contributed by atoms with Crippen LogP contribution in [0, 0.1) is 0 Å². The summed E-state index contributed by atoms with van der Waals surface area (Å²) in [5.41, 5.74) is 0.396. The van der Waals surface area contributed by atoms with E-state index in [4.69, 9.17) is 4.74 Å². The molecule has 0 aliphatic carbocycles. The minimum atomic E-state index is -3.83. The van der Waals surface area contributed by atoms with Gasteiger partial charge in [-0.1, -0.05) is 13.3 Å². The van der Waals surface area contributed by atoms with Crippen LogP contribution >= 0.6 is 0 Å². The van der Waals surface area contributed by atoms with Crippen LogP contribution in [0.5, 0.6) is 5.75 Å². The number of methoxy groups -OCH3 is 1. The lowest BCUT2D eigenvalue weighted by atomic mass is 10.2. The Kier molecular flexibility index (Phi) is 5.02. The highest BCUT2D eigenvalue weighted by molar-refractivity contribution is 7.90. The molecule has 2 rings (SSSR count). The number of carbonyl (C=O) groups is 1. The van der Waals surface area contributed by atoms with Gasteiger partial charge in [-0.25, -0.2) is 0 Å². The normalized spacial score (nSPS) is 15.3. The van der Waals surface area contributed by atoms with Crippen molar-refractivity contribution in [3.8, 4) is 5.75 Å². The van der Waals surface area contributed by atoms with E-state index in [1.165, 1.54) is 13.2 Å². The SMILES string of the molecule is CCCCNC(=O)CC1=NS(=O)(=O)c2cc(OC)ccc2N1. The van der Waals surface area contributed by atoms with E-state index in [9.17, 15) is 13.2 Å². The average molecular weight is 325 g/mol. The highest BCUT2D eigenvalue weighted by atomic mass is 32.2. The Labute approximate surface area is 129 Å². The molecule has 1 amide bonds. The molecule has 0 radical (unpaired) electrons. The van der Waals surface area contributed by atoms with E-state index in [2.05, 4.69) is 15.0 Å². The van der Waals surface area contributed by atoms with Gasteiger partial charge in [-0.3, -0.25) is 4.79 Å². The van der Waals surface area contributed by atoms with E-state index >= 15 is 0 Å². The summed E-state index contributed by atoms with van der Waals surface area (Å²) in [6.07, 6.45) is 1.75. The number of benzene rings is 1. The predicted octanol–water partition coefficient (Wildman–Crippen LogP) is 1.51. The van der Waals surface area contributed by atoms with E-state index in [0.717, 1.165) is 12.8 Å². The smallest absolute Gasteiger partial charge is 0.286 e. The third kappa shape index (κ3) is 3.76. The first kappa shape index (κ1) is 16.3. The molecule has 0 aromatic heterocycles. The molecule has 2 N–H and O–H groups in total. The number of nitrogens with one attached hydrogen (secondary N) is 2. The number of hydrogen-bond donors (Lipinski definition) is 2.